The number of benzene rings is 2. The Morgan fingerprint density at radius 3 is 2.33 bits per heavy atom. The monoisotopic (exact) mass is 413 g/mol. The van der Waals surface area contributed by atoms with Crippen LogP contribution in [0.2, 0.25) is 0 Å². The fourth-order valence-electron chi connectivity index (χ4n) is 2.82. The van der Waals surface area contributed by atoms with Crippen LogP contribution < -0.4 is 21.3 Å². The largest absolute Gasteiger partial charge is 0.354 e. The van der Waals surface area contributed by atoms with Crippen LogP contribution in [-0.2, 0) is 4.79 Å². The van der Waals surface area contributed by atoms with E-state index in [4.69, 9.17) is 5.73 Å². The molecule has 0 saturated carbocycles. The van der Waals surface area contributed by atoms with Gasteiger partial charge in [-0.15, -0.1) is 0 Å². The highest BCUT2D eigenvalue weighted by Crippen LogP contribution is 2.18. The predicted octanol–water partition coefficient (Wildman–Crippen LogP) is 3.27. The highest BCUT2D eigenvalue weighted by atomic mass is 16.6. The molecule has 2 rings (SSSR count). The number of hydrogen-bond donors (Lipinski definition) is 3. The number of nitrogens with one attached hydrogen (secondary N) is 2. The minimum Gasteiger partial charge on any atom is -0.354 e. The summed E-state index contributed by atoms with van der Waals surface area (Å²) in [5, 5.41) is 16.3. The summed E-state index contributed by atoms with van der Waals surface area (Å²) in [5.74, 6) is -0.0594. The third kappa shape index (κ3) is 7.51. The molecule has 2 aromatic rings. The molecular weight excluding hydrogens is 386 g/mol. The van der Waals surface area contributed by atoms with Gasteiger partial charge < -0.3 is 16.4 Å². The van der Waals surface area contributed by atoms with Crippen molar-refractivity contribution in [3.8, 4) is 0 Å². The molecule has 0 radical (unpaired) electrons. The van der Waals surface area contributed by atoms with Gasteiger partial charge in [-0.3, -0.25) is 19.8 Å². The molecule has 2 aromatic carbocycles. The average molecular weight is 413 g/mol. The van der Waals surface area contributed by atoms with E-state index in [0.717, 1.165) is 19.3 Å². The van der Waals surface area contributed by atoms with Crippen LogP contribution >= 0.6 is 0 Å². The third-order valence-electron chi connectivity index (χ3n) is 4.41. The van der Waals surface area contributed by atoms with Crippen molar-refractivity contribution in [1.29, 1.82) is 0 Å². The van der Waals surface area contributed by atoms with E-state index in [0.29, 0.717) is 30.9 Å². The Hall–Kier alpha value is -3.46. The lowest BCUT2D eigenvalue weighted by atomic mass is 10.2. The predicted molar refractivity (Wildman–Crippen MR) is 116 cm³/mol. The molecule has 0 unspecified atom stereocenters. The number of nitro benzene ring substituents is 1. The van der Waals surface area contributed by atoms with Crippen LogP contribution in [0.3, 0.4) is 0 Å². The van der Waals surface area contributed by atoms with Crippen molar-refractivity contribution in [1.82, 2.24) is 5.32 Å². The van der Waals surface area contributed by atoms with Gasteiger partial charge in [-0.1, -0.05) is 24.6 Å². The molecule has 0 fully saturated rings. The molecule has 9 nitrogen and oxygen atoms in total. The number of rotatable bonds is 11. The maximum atomic E-state index is 12.8. The molecule has 0 aromatic heterocycles. The molecule has 0 spiro atoms. The molecule has 0 heterocycles. The van der Waals surface area contributed by atoms with Gasteiger partial charge in [0.15, 0.2) is 0 Å². The topological polar surface area (TPSA) is 131 Å². The fraction of sp³-hybridized carbons (Fsp3) is 0.333. The standard InChI is InChI=1S/C21H27N5O4/c22-14-6-2-5-9-20(27)23-15-16-25(18-7-3-1-4-8-18)21(28)24-17-10-12-19(13-11-17)26(29)30/h1,3-4,7-8,10-13H,2,5-6,9,14-16,22H2,(H,23,27)(H,24,28). The van der Waals surface area contributed by atoms with E-state index in [1.807, 2.05) is 18.2 Å². The second-order valence-corrected chi connectivity index (χ2v) is 6.67. The molecule has 0 saturated heterocycles. The number of para-hydroxylation sites is 1. The van der Waals surface area contributed by atoms with Crippen molar-refractivity contribution in [2.24, 2.45) is 5.73 Å². The Kier molecular flexibility index (Phi) is 9.26. The zero-order valence-electron chi connectivity index (χ0n) is 16.8. The Bertz CT molecular complexity index is 827. The van der Waals surface area contributed by atoms with Crippen molar-refractivity contribution < 1.29 is 14.5 Å². The summed E-state index contributed by atoms with van der Waals surface area (Å²) < 4.78 is 0. The van der Waals surface area contributed by atoms with Gasteiger partial charge in [-0.2, -0.15) is 0 Å². The maximum absolute atomic E-state index is 12.8. The summed E-state index contributed by atoms with van der Waals surface area (Å²) in [6, 6.07) is 14.3. The third-order valence-corrected chi connectivity index (χ3v) is 4.41. The molecule has 0 atom stereocenters. The van der Waals surface area contributed by atoms with Crippen LogP contribution in [-0.4, -0.2) is 36.5 Å². The second-order valence-electron chi connectivity index (χ2n) is 6.67. The van der Waals surface area contributed by atoms with E-state index in [2.05, 4.69) is 10.6 Å². The molecule has 4 N–H and O–H groups in total. The smallest absolute Gasteiger partial charge is 0.326 e. The first-order chi connectivity index (χ1) is 14.5. The van der Waals surface area contributed by atoms with Crippen molar-refractivity contribution in [2.45, 2.75) is 25.7 Å². The quantitative estimate of drug-likeness (QED) is 0.296. The van der Waals surface area contributed by atoms with Crippen LogP contribution in [0.4, 0.5) is 21.9 Å². The fourth-order valence-corrected chi connectivity index (χ4v) is 2.82. The van der Waals surface area contributed by atoms with Crippen molar-refractivity contribution >= 4 is 29.0 Å². The first kappa shape index (κ1) is 22.8. The molecule has 160 valence electrons. The van der Waals surface area contributed by atoms with Crippen LogP contribution in [0, 0.1) is 10.1 Å². The van der Waals surface area contributed by atoms with Crippen molar-refractivity contribution in [3.05, 3.63) is 64.7 Å². The molecule has 0 aliphatic heterocycles. The van der Waals surface area contributed by atoms with Gasteiger partial charge in [0.2, 0.25) is 5.91 Å². The molecular formula is C21H27N5O4. The van der Waals surface area contributed by atoms with E-state index >= 15 is 0 Å². The average Bonchev–Trinajstić information content (AvgIpc) is 2.75. The normalized spacial score (nSPS) is 10.3. The zero-order chi connectivity index (χ0) is 21.8. The number of unbranched alkanes of at least 4 members (excludes halogenated alkanes) is 2. The van der Waals surface area contributed by atoms with E-state index in [-0.39, 0.29) is 18.1 Å². The van der Waals surface area contributed by atoms with Crippen LogP contribution in [0.1, 0.15) is 25.7 Å². The van der Waals surface area contributed by atoms with E-state index in [1.54, 1.807) is 12.1 Å². The summed E-state index contributed by atoms with van der Waals surface area (Å²) in [6.07, 6.45) is 3.03. The highest BCUT2D eigenvalue weighted by Gasteiger charge is 2.16. The maximum Gasteiger partial charge on any atom is 0.326 e. The van der Waals surface area contributed by atoms with Gasteiger partial charge in [0.05, 0.1) is 4.92 Å². The number of urea groups is 1. The SMILES string of the molecule is NCCCCCC(=O)NCCN(C(=O)Nc1ccc([N+](=O)[O-])cc1)c1ccccc1. The lowest BCUT2D eigenvalue weighted by Gasteiger charge is -2.23. The Morgan fingerprint density at radius 2 is 1.70 bits per heavy atom. The second kappa shape index (κ2) is 12.2. The summed E-state index contributed by atoms with van der Waals surface area (Å²) >= 11 is 0. The van der Waals surface area contributed by atoms with Gasteiger partial charge in [0.25, 0.3) is 5.69 Å². The molecule has 9 heteroatoms. The summed E-state index contributed by atoms with van der Waals surface area (Å²) in [4.78, 5) is 36.5. The van der Waals surface area contributed by atoms with E-state index in [1.165, 1.54) is 29.2 Å². The molecule has 3 amide bonds. The number of nitrogens with two attached hydrogens (primary N) is 1. The van der Waals surface area contributed by atoms with Gasteiger partial charge in [0, 0.05) is 43.0 Å². The number of carbonyl (C=O) groups excluding carboxylic acids is 2. The first-order valence-electron chi connectivity index (χ1n) is 9.86. The Balaban J connectivity index is 1.95. The summed E-state index contributed by atoms with van der Waals surface area (Å²) in [5.41, 5.74) is 6.51. The van der Waals surface area contributed by atoms with Gasteiger partial charge in [-0.25, -0.2) is 4.79 Å². The number of nitro groups is 1. The number of carbonyl (C=O) groups is 2. The Morgan fingerprint density at radius 1 is 1.00 bits per heavy atom. The van der Waals surface area contributed by atoms with Gasteiger partial charge in [0.1, 0.15) is 0 Å². The zero-order valence-corrected chi connectivity index (χ0v) is 16.8. The van der Waals surface area contributed by atoms with E-state index < -0.39 is 11.0 Å². The number of anilines is 2. The molecule has 0 aliphatic carbocycles. The lowest BCUT2D eigenvalue weighted by Crippen LogP contribution is -2.41. The summed E-state index contributed by atoms with van der Waals surface area (Å²) in [7, 11) is 0. The van der Waals surface area contributed by atoms with Crippen LogP contribution in [0.25, 0.3) is 0 Å². The van der Waals surface area contributed by atoms with Crippen molar-refractivity contribution in [3.63, 3.8) is 0 Å². The summed E-state index contributed by atoms with van der Waals surface area (Å²) in [6.45, 7) is 1.20. The number of non-ortho nitro benzene ring substituents is 1. The highest BCUT2D eigenvalue weighted by molar-refractivity contribution is 6.01. The Labute approximate surface area is 175 Å². The van der Waals surface area contributed by atoms with Crippen LogP contribution in [0.5, 0.6) is 0 Å². The van der Waals surface area contributed by atoms with Crippen LogP contribution in [0.15, 0.2) is 54.6 Å². The lowest BCUT2D eigenvalue weighted by molar-refractivity contribution is -0.384. The first-order valence-corrected chi connectivity index (χ1v) is 9.86. The molecule has 30 heavy (non-hydrogen) atoms. The van der Waals surface area contributed by atoms with Crippen molar-refractivity contribution in [2.75, 3.05) is 29.9 Å². The van der Waals surface area contributed by atoms with Gasteiger partial charge in [-0.05, 0) is 43.7 Å². The molecule has 0 aliphatic rings. The minimum absolute atomic E-state index is 0.0536. The number of nitrogens with zero attached hydrogens (tertiary/aromatic N) is 2. The number of hydrogen-bond acceptors (Lipinski definition) is 5. The van der Waals surface area contributed by atoms with Gasteiger partial charge >= 0.3 is 6.03 Å². The molecule has 0 bridgehead atoms. The minimum atomic E-state index is -0.499. The number of amides is 3. The van der Waals surface area contributed by atoms with E-state index in [9.17, 15) is 19.7 Å².